The van der Waals surface area contributed by atoms with E-state index in [4.69, 9.17) is 0 Å². The Hall–Kier alpha value is 0.110. The van der Waals surface area contributed by atoms with Crippen LogP contribution in [0, 0.1) is 6.92 Å². The molecule has 0 N–H and O–H groups in total. The first-order valence-corrected chi connectivity index (χ1v) is 4.85. The van der Waals surface area contributed by atoms with E-state index in [0.717, 1.165) is 3.92 Å². The van der Waals surface area contributed by atoms with Crippen LogP contribution in [0.15, 0.2) is 3.92 Å². The molecule has 3 heteroatoms. The van der Waals surface area contributed by atoms with Crippen LogP contribution < -0.4 is 0 Å². The van der Waals surface area contributed by atoms with Crippen molar-refractivity contribution in [3.05, 3.63) is 14.5 Å². The zero-order valence-corrected chi connectivity index (χ0v) is 8.71. The van der Waals surface area contributed by atoms with Gasteiger partial charge in [0, 0.05) is 4.88 Å². The maximum absolute atomic E-state index is 4.34. The van der Waals surface area contributed by atoms with Crippen LogP contribution in [0.3, 0.4) is 0 Å². The van der Waals surface area contributed by atoms with Gasteiger partial charge >= 0.3 is 0 Å². The van der Waals surface area contributed by atoms with Gasteiger partial charge < -0.3 is 0 Å². The molecule has 0 aliphatic carbocycles. The van der Waals surface area contributed by atoms with Gasteiger partial charge in [0.2, 0.25) is 0 Å². The Morgan fingerprint density at radius 2 is 2.10 bits per heavy atom. The lowest BCUT2D eigenvalue weighted by Gasteiger charge is -1.98. The number of thiazole rings is 1. The molecule has 0 bridgehead atoms. The van der Waals surface area contributed by atoms with E-state index in [1.807, 2.05) is 0 Å². The molecular formula is C7H10BrNS. The highest BCUT2D eigenvalue weighted by atomic mass is 79.9. The van der Waals surface area contributed by atoms with E-state index >= 15 is 0 Å². The lowest BCUT2D eigenvalue weighted by Crippen LogP contribution is -1.88. The molecule has 1 heterocycles. The second-order valence-electron chi connectivity index (χ2n) is 2.56. The summed E-state index contributed by atoms with van der Waals surface area (Å²) in [7, 11) is 0. The molecule has 0 aliphatic heterocycles. The van der Waals surface area contributed by atoms with Crippen molar-refractivity contribution in [3.63, 3.8) is 0 Å². The van der Waals surface area contributed by atoms with E-state index in [2.05, 4.69) is 41.7 Å². The Morgan fingerprint density at radius 3 is 2.30 bits per heavy atom. The molecule has 0 aromatic carbocycles. The Bertz CT molecular complexity index is 230. The first-order chi connectivity index (χ1) is 4.61. The highest BCUT2D eigenvalue weighted by Gasteiger charge is 2.08. The van der Waals surface area contributed by atoms with E-state index in [0.29, 0.717) is 5.92 Å². The van der Waals surface area contributed by atoms with Crippen molar-refractivity contribution < 1.29 is 0 Å². The molecule has 0 radical (unpaired) electrons. The summed E-state index contributed by atoms with van der Waals surface area (Å²) in [4.78, 5) is 5.67. The van der Waals surface area contributed by atoms with Crippen molar-refractivity contribution in [2.24, 2.45) is 0 Å². The topological polar surface area (TPSA) is 12.9 Å². The van der Waals surface area contributed by atoms with Crippen molar-refractivity contribution in [3.8, 4) is 0 Å². The minimum atomic E-state index is 0.544. The lowest BCUT2D eigenvalue weighted by molar-refractivity contribution is 0.822. The molecule has 56 valence electrons. The SMILES string of the molecule is Cc1sc(Br)nc1C(C)C. The van der Waals surface area contributed by atoms with E-state index in [1.54, 1.807) is 11.3 Å². The van der Waals surface area contributed by atoms with Crippen LogP contribution in [-0.2, 0) is 0 Å². The number of nitrogens with zero attached hydrogens (tertiary/aromatic N) is 1. The third-order valence-corrected chi connectivity index (χ3v) is 2.79. The normalized spacial score (nSPS) is 10.9. The van der Waals surface area contributed by atoms with Gasteiger partial charge in [-0.25, -0.2) is 4.98 Å². The zero-order chi connectivity index (χ0) is 7.72. The van der Waals surface area contributed by atoms with Crippen LogP contribution in [0.4, 0.5) is 0 Å². The van der Waals surface area contributed by atoms with Crippen molar-refractivity contribution in [1.82, 2.24) is 4.98 Å². The minimum absolute atomic E-state index is 0.544. The van der Waals surface area contributed by atoms with Gasteiger partial charge in [-0.2, -0.15) is 0 Å². The summed E-state index contributed by atoms with van der Waals surface area (Å²) < 4.78 is 0.994. The Kier molecular flexibility index (Phi) is 2.47. The van der Waals surface area contributed by atoms with Crippen LogP contribution in [0.1, 0.15) is 30.3 Å². The van der Waals surface area contributed by atoms with Crippen molar-refractivity contribution in [1.29, 1.82) is 0 Å². The number of halogens is 1. The Morgan fingerprint density at radius 1 is 1.50 bits per heavy atom. The zero-order valence-electron chi connectivity index (χ0n) is 6.31. The summed E-state index contributed by atoms with van der Waals surface area (Å²) in [6.07, 6.45) is 0. The first kappa shape index (κ1) is 8.21. The molecular weight excluding hydrogens is 210 g/mol. The summed E-state index contributed by atoms with van der Waals surface area (Å²) >= 11 is 5.06. The van der Waals surface area contributed by atoms with Crippen molar-refractivity contribution in [2.45, 2.75) is 26.7 Å². The van der Waals surface area contributed by atoms with Gasteiger partial charge in [0.1, 0.15) is 0 Å². The number of hydrogen-bond donors (Lipinski definition) is 0. The quantitative estimate of drug-likeness (QED) is 0.707. The van der Waals surface area contributed by atoms with Crippen LogP contribution >= 0.6 is 27.3 Å². The second kappa shape index (κ2) is 3.01. The third-order valence-electron chi connectivity index (χ3n) is 1.35. The number of rotatable bonds is 1. The van der Waals surface area contributed by atoms with Crippen LogP contribution in [-0.4, -0.2) is 4.98 Å². The maximum Gasteiger partial charge on any atom is 0.159 e. The fourth-order valence-corrected chi connectivity index (χ4v) is 2.61. The van der Waals surface area contributed by atoms with Gasteiger partial charge in [-0.15, -0.1) is 11.3 Å². The van der Waals surface area contributed by atoms with E-state index in [1.165, 1.54) is 10.6 Å². The standard InChI is InChI=1S/C7H10BrNS/c1-4(2)6-5(3)10-7(8)9-6/h4H,1-3H3. The van der Waals surface area contributed by atoms with Crippen LogP contribution in [0.2, 0.25) is 0 Å². The van der Waals surface area contributed by atoms with E-state index in [9.17, 15) is 0 Å². The van der Waals surface area contributed by atoms with Crippen LogP contribution in [0.5, 0.6) is 0 Å². The molecule has 10 heavy (non-hydrogen) atoms. The maximum atomic E-state index is 4.34. The summed E-state index contributed by atoms with van der Waals surface area (Å²) in [6.45, 7) is 6.43. The molecule has 1 aromatic rings. The molecule has 0 spiro atoms. The largest absolute Gasteiger partial charge is 0.234 e. The molecule has 0 aliphatic rings. The molecule has 1 nitrogen and oxygen atoms in total. The van der Waals surface area contributed by atoms with Crippen LogP contribution in [0.25, 0.3) is 0 Å². The fourth-order valence-electron chi connectivity index (χ4n) is 0.910. The highest BCUT2D eigenvalue weighted by Crippen LogP contribution is 2.26. The molecule has 0 fully saturated rings. The van der Waals surface area contributed by atoms with Crippen molar-refractivity contribution in [2.75, 3.05) is 0 Å². The lowest BCUT2D eigenvalue weighted by atomic mass is 10.1. The van der Waals surface area contributed by atoms with Gasteiger partial charge in [0.15, 0.2) is 3.92 Å². The molecule has 0 atom stereocenters. The van der Waals surface area contributed by atoms with Gasteiger partial charge in [-0.1, -0.05) is 13.8 Å². The van der Waals surface area contributed by atoms with E-state index < -0.39 is 0 Å². The minimum Gasteiger partial charge on any atom is -0.234 e. The van der Waals surface area contributed by atoms with Gasteiger partial charge in [0.05, 0.1) is 5.69 Å². The summed E-state index contributed by atoms with van der Waals surface area (Å²) in [6, 6.07) is 0. The predicted molar refractivity (Wildman–Crippen MR) is 48.6 cm³/mol. The number of hydrogen-bond acceptors (Lipinski definition) is 2. The molecule has 0 saturated heterocycles. The number of aromatic nitrogens is 1. The first-order valence-electron chi connectivity index (χ1n) is 3.24. The highest BCUT2D eigenvalue weighted by molar-refractivity contribution is 9.11. The molecule has 1 rings (SSSR count). The van der Waals surface area contributed by atoms with Crippen molar-refractivity contribution >= 4 is 27.3 Å². The molecule has 0 amide bonds. The second-order valence-corrected chi connectivity index (χ2v) is 5.04. The summed E-state index contributed by atoms with van der Waals surface area (Å²) in [5.74, 6) is 0.544. The van der Waals surface area contributed by atoms with Gasteiger partial charge in [0.25, 0.3) is 0 Å². The summed E-state index contributed by atoms with van der Waals surface area (Å²) in [5.41, 5.74) is 1.22. The fraction of sp³-hybridized carbons (Fsp3) is 0.571. The van der Waals surface area contributed by atoms with E-state index in [-0.39, 0.29) is 0 Å². The smallest absolute Gasteiger partial charge is 0.159 e. The molecule has 1 aromatic heterocycles. The number of aryl methyl sites for hydroxylation is 1. The summed E-state index contributed by atoms with van der Waals surface area (Å²) in [5, 5.41) is 0. The van der Waals surface area contributed by atoms with Gasteiger partial charge in [-0.3, -0.25) is 0 Å². The Labute approximate surface area is 73.6 Å². The molecule has 0 saturated carbocycles. The molecule has 0 unspecified atom stereocenters. The monoisotopic (exact) mass is 219 g/mol. The third kappa shape index (κ3) is 1.58. The van der Waals surface area contributed by atoms with Gasteiger partial charge in [-0.05, 0) is 28.8 Å². The average molecular weight is 220 g/mol. The Balaban J connectivity index is 3.03. The average Bonchev–Trinajstić information content (AvgIpc) is 2.10. The predicted octanol–water partition coefficient (Wildman–Crippen LogP) is 3.34.